The molecule has 2 N–H and O–H groups in total. The van der Waals surface area contributed by atoms with Crippen molar-refractivity contribution in [3.05, 3.63) is 29.8 Å². The van der Waals surface area contributed by atoms with Crippen molar-refractivity contribution in [3.8, 4) is 0 Å². The van der Waals surface area contributed by atoms with E-state index in [1.54, 1.807) is 12.1 Å². The Bertz CT molecular complexity index is 651. The Morgan fingerprint density at radius 3 is 2.35 bits per heavy atom. The lowest BCUT2D eigenvalue weighted by atomic mass is 10.1. The lowest BCUT2D eigenvalue weighted by Gasteiger charge is -2.16. The molecule has 7 heteroatoms. The van der Waals surface area contributed by atoms with Gasteiger partial charge in [0.25, 0.3) is 5.91 Å². The maximum atomic E-state index is 12.2. The van der Waals surface area contributed by atoms with Gasteiger partial charge in [-0.2, -0.15) is 0 Å². The molecule has 1 aromatic rings. The van der Waals surface area contributed by atoms with E-state index in [4.69, 9.17) is 4.74 Å². The van der Waals surface area contributed by atoms with Crippen molar-refractivity contribution in [1.29, 1.82) is 0 Å². The highest BCUT2D eigenvalue weighted by Gasteiger charge is 2.15. The largest absolute Gasteiger partial charge is 0.384 e. The van der Waals surface area contributed by atoms with Crippen molar-refractivity contribution in [2.24, 2.45) is 0 Å². The summed E-state index contributed by atoms with van der Waals surface area (Å²) in [7, 11) is -1.90. The van der Waals surface area contributed by atoms with Crippen LogP contribution in [0.5, 0.6) is 0 Å². The fourth-order valence-electron chi connectivity index (χ4n) is 3.16. The van der Waals surface area contributed by atoms with E-state index in [-0.39, 0.29) is 23.2 Å². The van der Waals surface area contributed by atoms with Gasteiger partial charge in [-0.1, -0.05) is 25.7 Å². The molecule has 146 valence electrons. The number of nitrogens with one attached hydrogen (secondary N) is 2. The number of sulfone groups is 1. The summed E-state index contributed by atoms with van der Waals surface area (Å²) in [4.78, 5) is 12.4. The number of hydrogen-bond acceptors (Lipinski definition) is 5. The van der Waals surface area contributed by atoms with E-state index in [1.807, 2.05) is 0 Å². The maximum absolute atomic E-state index is 12.2. The average Bonchev–Trinajstić information content (AvgIpc) is 2.92. The molecule has 2 rings (SSSR count). The van der Waals surface area contributed by atoms with Crippen LogP contribution in [0.3, 0.4) is 0 Å². The van der Waals surface area contributed by atoms with Crippen LogP contribution in [0.2, 0.25) is 0 Å². The molecule has 0 aromatic heterocycles. The van der Waals surface area contributed by atoms with Crippen molar-refractivity contribution in [3.63, 3.8) is 0 Å². The quantitative estimate of drug-likeness (QED) is 0.505. The molecule has 1 aliphatic rings. The van der Waals surface area contributed by atoms with Crippen LogP contribution in [-0.4, -0.2) is 52.9 Å². The first-order valence-corrected chi connectivity index (χ1v) is 11.0. The number of methoxy groups -OCH3 is 1. The Morgan fingerprint density at radius 1 is 1.08 bits per heavy atom. The first kappa shape index (κ1) is 20.9. The number of benzene rings is 1. The highest BCUT2D eigenvalue weighted by molar-refractivity contribution is 7.91. The van der Waals surface area contributed by atoms with Gasteiger partial charge in [0.2, 0.25) is 0 Å². The molecule has 6 nitrogen and oxygen atoms in total. The molecule has 1 amide bonds. The van der Waals surface area contributed by atoms with Crippen LogP contribution in [0, 0.1) is 0 Å². The standard InChI is InChI=1S/C19H30N2O4S/c1-25-14-15-26(23,24)18-10-8-16(9-11-18)19(22)21-13-12-20-17-6-4-2-3-5-7-17/h8-11,17,20H,2-7,12-15H2,1H3,(H,21,22). The smallest absolute Gasteiger partial charge is 0.251 e. The van der Waals surface area contributed by atoms with E-state index in [0.717, 1.165) is 6.54 Å². The summed E-state index contributed by atoms with van der Waals surface area (Å²) in [5.41, 5.74) is 0.463. The van der Waals surface area contributed by atoms with Crippen LogP contribution >= 0.6 is 0 Å². The Hall–Kier alpha value is -1.44. The van der Waals surface area contributed by atoms with E-state index < -0.39 is 9.84 Å². The van der Waals surface area contributed by atoms with Gasteiger partial charge >= 0.3 is 0 Å². The van der Waals surface area contributed by atoms with Crippen LogP contribution in [0.25, 0.3) is 0 Å². The summed E-state index contributed by atoms with van der Waals surface area (Å²) in [5, 5.41) is 6.39. The van der Waals surface area contributed by atoms with Crippen LogP contribution in [0.1, 0.15) is 48.9 Å². The summed E-state index contributed by atoms with van der Waals surface area (Å²) >= 11 is 0. The highest BCUT2D eigenvalue weighted by Crippen LogP contribution is 2.17. The van der Waals surface area contributed by atoms with E-state index in [0.29, 0.717) is 18.2 Å². The summed E-state index contributed by atoms with van der Waals surface area (Å²) in [6.07, 6.45) is 7.64. The van der Waals surface area contributed by atoms with Crippen LogP contribution in [0.15, 0.2) is 29.2 Å². The van der Waals surface area contributed by atoms with E-state index in [2.05, 4.69) is 10.6 Å². The minimum absolute atomic E-state index is 0.0676. The molecular weight excluding hydrogens is 352 g/mol. The number of carbonyl (C=O) groups excluding carboxylic acids is 1. The second-order valence-electron chi connectivity index (χ2n) is 6.73. The third kappa shape index (κ3) is 6.70. The van der Waals surface area contributed by atoms with E-state index in [9.17, 15) is 13.2 Å². The van der Waals surface area contributed by atoms with Gasteiger partial charge in [0.1, 0.15) is 0 Å². The Balaban J connectivity index is 1.77. The fourth-order valence-corrected chi connectivity index (χ4v) is 4.33. The van der Waals surface area contributed by atoms with Crippen molar-refractivity contribution >= 4 is 15.7 Å². The molecule has 0 aliphatic heterocycles. The van der Waals surface area contributed by atoms with Gasteiger partial charge in [-0.15, -0.1) is 0 Å². The number of amides is 1. The molecule has 0 unspecified atom stereocenters. The second kappa shape index (κ2) is 10.6. The molecule has 0 bridgehead atoms. The molecule has 0 atom stereocenters. The molecule has 1 aliphatic carbocycles. The third-order valence-electron chi connectivity index (χ3n) is 4.73. The number of rotatable bonds is 9. The molecular formula is C19H30N2O4S. The molecule has 0 heterocycles. The first-order chi connectivity index (χ1) is 12.5. The number of ether oxygens (including phenoxy) is 1. The average molecular weight is 383 g/mol. The van der Waals surface area contributed by atoms with Gasteiger partial charge in [0, 0.05) is 31.8 Å². The Morgan fingerprint density at radius 2 is 1.73 bits per heavy atom. The number of hydrogen-bond donors (Lipinski definition) is 2. The predicted octanol–water partition coefficient (Wildman–Crippen LogP) is 2.15. The third-order valence-corrected chi connectivity index (χ3v) is 6.43. The van der Waals surface area contributed by atoms with Gasteiger partial charge in [-0.05, 0) is 37.1 Å². The van der Waals surface area contributed by atoms with Crippen LogP contribution in [-0.2, 0) is 14.6 Å². The summed E-state index contributed by atoms with van der Waals surface area (Å²) < 4.78 is 29.0. The molecule has 26 heavy (non-hydrogen) atoms. The zero-order valence-electron chi connectivity index (χ0n) is 15.5. The van der Waals surface area contributed by atoms with Crippen molar-refractivity contribution < 1.29 is 17.9 Å². The van der Waals surface area contributed by atoms with Gasteiger partial charge in [0.05, 0.1) is 17.3 Å². The molecule has 0 radical (unpaired) electrons. The molecule has 1 fully saturated rings. The Kier molecular flexibility index (Phi) is 8.54. The molecule has 0 spiro atoms. The lowest BCUT2D eigenvalue weighted by Crippen LogP contribution is -2.36. The zero-order valence-corrected chi connectivity index (χ0v) is 16.3. The summed E-state index contributed by atoms with van der Waals surface area (Å²) in [5.74, 6) is -0.254. The number of carbonyl (C=O) groups is 1. The van der Waals surface area contributed by atoms with Gasteiger partial charge in [0.15, 0.2) is 9.84 Å². The van der Waals surface area contributed by atoms with Gasteiger partial charge in [-0.25, -0.2) is 8.42 Å². The summed E-state index contributed by atoms with van der Waals surface area (Å²) in [6.45, 7) is 1.46. The van der Waals surface area contributed by atoms with Gasteiger partial charge in [-0.3, -0.25) is 4.79 Å². The summed E-state index contributed by atoms with van der Waals surface area (Å²) in [6, 6.07) is 6.61. The fraction of sp³-hybridized carbons (Fsp3) is 0.632. The Labute approximate surface area is 156 Å². The normalized spacial score (nSPS) is 16.2. The van der Waals surface area contributed by atoms with Crippen LogP contribution in [0.4, 0.5) is 0 Å². The minimum atomic E-state index is -3.37. The highest BCUT2D eigenvalue weighted by atomic mass is 32.2. The lowest BCUT2D eigenvalue weighted by molar-refractivity contribution is 0.0953. The van der Waals surface area contributed by atoms with Crippen molar-refractivity contribution in [2.45, 2.75) is 49.5 Å². The molecule has 1 aromatic carbocycles. The first-order valence-electron chi connectivity index (χ1n) is 9.36. The van der Waals surface area contributed by atoms with E-state index in [1.165, 1.54) is 57.8 Å². The van der Waals surface area contributed by atoms with Crippen molar-refractivity contribution in [1.82, 2.24) is 10.6 Å². The SMILES string of the molecule is COCCS(=O)(=O)c1ccc(C(=O)NCCNC2CCCCCC2)cc1. The second-order valence-corrected chi connectivity index (χ2v) is 8.84. The monoisotopic (exact) mass is 382 g/mol. The molecule has 1 saturated carbocycles. The molecule has 0 saturated heterocycles. The zero-order chi connectivity index (χ0) is 18.8. The van der Waals surface area contributed by atoms with Crippen LogP contribution < -0.4 is 10.6 Å². The minimum Gasteiger partial charge on any atom is -0.384 e. The predicted molar refractivity (Wildman–Crippen MR) is 102 cm³/mol. The van der Waals surface area contributed by atoms with Gasteiger partial charge < -0.3 is 15.4 Å². The topological polar surface area (TPSA) is 84.5 Å². The van der Waals surface area contributed by atoms with Crippen molar-refractivity contribution in [2.75, 3.05) is 32.6 Å². The van der Waals surface area contributed by atoms with E-state index >= 15 is 0 Å². The maximum Gasteiger partial charge on any atom is 0.251 e.